The molecular weight excluding hydrogens is 716 g/mol. The van der Waals surface area contributed by atoms with E-state index < -0.39 is 30.2 Å². The summed E-state index contributed by atoms with van der Waals surface area (Å²) in [5.41, 5.74) is 4.08. The summed E-state index contributed by atoms with van der Waals surface area (Å²) >= 11 is 0. The van der Waals surface area contributed by atoms with Gasteiger partial charge in [0.2, 0.25) is 0 Å². The molecule has 0 bridgehead atoms. The van der Waals surface area contributed by atoms with Crippen molar-refractivity contribution in [2.75, 3.05) is 22.7 Å². The number of hydrogen-bond acceptors (Lipinski definition) is 11. The summed E-state index contributed by atoms with van der Waals surface area (Å²) in [6.45, 7) is 1.30. The zero-order valence-corrected chi connectivity index (χ0v) is 28.7. The number of rotatable bonds is 3. The second-order valence-corrected chi connectivity index (χ2v) is 15.6. The number of fused-ring (bicyclic) bond motifs is 4. The second kappa shape index (κ2) is 14.0. The van der Waals surface area contributed by atoms with E-state index in [-0.39, 0.29) is 31.3 Å². The minimum absolute atomic E-state index is 0.0267. The third-order valence-corrected chi connectivity index (χ3v) is 11.4. The summed E-state index contributed by atoms with van der Waals surface area (Å²) < 4.78 is 50.1. The molecule has 3 N–H and O–H groups in total. The van der Waals surface area contributed by atoms with Crippen molar-refractivity contribution in [1.82, 2.24) is 20.4 Å². The lowest BCUT2D eigenvalue weighted by Gasteiger charge is -2.20. The molecule has 2 aliphatic heterocycles. The number of sulfonamides is 1. The van der Waals surface area contributed by atoms with Crippen molar-refractivity contribution in [2.24, 2.45) is 0 Å². The van der Waals surface area contributed by atoms with Gasteiger partial charge in [-0.25, -0.2) is 27.0 Å². The smallest absolute Gasteiger partial charge is 0.272 e. The molecule has 0 saturated carbocycles. The van der Waals surface area contributed by atoms with Gasteiger partial charge >= 0.3 is 0 Å². The van der Waals surface area contributed by atoms with E-state index in [2.05, 4.69) is 31.8 Å². The molecule has 14 nitrogen and oxygen atoms in total. The first-order valence-corrected chi connectivity index (χ1v) is 18.9. The van der Waals surface area contributed by atoms with Crippen LogP contribution in [0.5, 0.6) is 0 Å². The van der Waals surface area contributed by atoms with Gasteiger partial charge in [-0.3, -0.25) is 13.9 Å². The van der Waals surface area contributed by atoms with E-state index in [0.29, 0.717) is 24.2 Å². The van der Waals surface area contributed by atoms with Crippen LogP contribution in [0.3, 0.4) is 0 Å². The molecule has 0 unspecified atom stereocenters. The highest BCUT2D eigenvalue weighted by atomic mass is 35.7. The monoisotopic (exact) mass is 740 g/mol. The van der Waals surface area contributed by atoms with Crippen LogP contribution in [-0.4, -0.2) is 50.3 Å². The molecule has 0 fully saturated rings. The maximum Gasteiger partial charge on any atom is 0.272 e. The zero-order chi connectivity index (χ0) is 36.3. The lowest BCUT2D eigenvalue weighted by Crippen LogP contribution is -2.29. The lowest BCUT2D eigenvalue weighted by molar-refractivity contribution is 0.593. The fourth-order valence-corrected chi connectivity index (χ4v) is 8.53. The Hall–Kier alpha value is -6.07. The van der Waals surface area contributed by atoms with Gasteiger partial charge in [-0.2, -0.15) is 20.7 Å². The molecule has 0 atom stereocenters. The number of H-pyrrole nitrogens is 2. The molecule has 4 heterocycles. The van der Waals surface area contributed by atoms with Gasteiger partial charge in [-0.15, -0.1) is 0 Å². The summed E-state index contributed by atoms with van der Waals surface area (Å²) in [5.74, 6) is 0. The Kier molecular flexibility index (Phi) is 9.58. The summed E-state index contributed by atoms with van der Waals surface area (Å²) in [4.78, 5) is 23.1. The Labute approximate surface area is 295 Å². The number of halogens is 1. The molecule has 0 aliphatic carbocycles. The topological polar surface area (TPSA) is 223 Å². The number of nitriles is 2. The fraction of sp³-hybridized carbons (Fsp3) is 0.118. The van der Waals surface area contributed by atoms with Crippen LogP contribution in [0.4, 0.5) is 11.4 Å². The number of benzene rings is 4. The highest BCUT2D eigenvalue weighted by Crippen LogP contribution is 2.35. The molecule has 0 radical (unpaired) electrons. The third-order valence-electron chi connectivity index (χ3n) is 8.19. The van der Waals surface area contributed by atoms with Crippen LogP contribution in [0, 0.1) is 22.7 Å². The standard InChI is InChI=1S/C17H12N4O3S.C9H8N2.C8H5ClN2O3S/c18-9-11-4-5-12-6-7-21(15(12)8-11)25(23,24)16-3-1-2-13-14(16)10-19-20-17(13)22;10-6-7-1-2-8-3-4-11-9(8)5-7;9-15(13,14)7-3-1-2-5-6(7)4-10-11-8(5)12/h1-5,8,10H,6-7H2,(H,20,22);1-2,5,11H,3-4H2;1-4H,(H,11,12). The molecule has 0 saturated heterocycles. The first-order chi connectivity index (χ1) is 24.4. The van der Waals surface area contributed by atoms with Crippen molar-refractivity contribution in [2.45, 2.75) is 22.6 Å². The normalized spacial score (nSPS) is 13.0. The van der Waals surface area contributed by atoms with Gasteiger partial charge in [0.15, 0.2) is 0 Å². The van der Waals surface area contributed by atoms with E-state index >= 15 is 0 Å². The van der Waals surface area contributed by atoms with Gasteiger partial charge in [-0.05, 0) is 72.5 Å². The second-order valence-electron chi connectivity index (χ2n) is 11.2. The average Bonchev–Trinajstić information content (AvgIpc) is 3.79. The van der Waals surface area contributed by atoms with E-state index in [4.69, 9.17) is 21.2 Å². The van der Waals surface area contributed by atoms with E-state index in [1.54, 1.807) is 24.3 Å². The molecule has 256 valence electrons. The van der Waals surface area contributed by atoms with Crippen LogP contribution in [0.25, 0.3) is 21.5 Å². The van der Waals surface area contributed by atoms with Gasteiger partial charge < -0.3 is 5.32 Å². The molecule has 2 aliphatic rings. The number of nitrogens with zero attached hydrogens (tertiary/aromatic N) is 5. The number of anilines is 2. The summed E-state index contributed by atoms with van der Waals surface area (Å²) in [6, 6.07) is 23.8. The molecule has 51 heavy (non-hydrogen) atoms. The van der Waals surface area contributed by atoms with Gasteiger partial charge in [0.25, 0.3) is 30.2 Å². The quantitative estimate of drug-likeness (QED) is 0.221. The van der Waals surface area contributed by atoms with E-state index in [1.807, 2.05) is 24.3 Å². The molecule has 0 amide bonds. The number of nitrogens with one attached hydrogen (secondary N) is 3. The Bertz CT molecular complexity index is 2770. The van der Waals surface area contributed by atoms with Crippen LogP contribution in [0.15, 0.2) is 105 Å². The summed E-state index contributed by atoms with van der Waals surface area (Å²) in [6.07, 6.45) is 4.25. The highest BCUT2D eigenvalue weighted by molar-refractivity contribution is 8.14. The van der Waals surface area contributed by atoms with Crippen LogP contribution < -0.4 is 20.7 Å². The SMILES string of the molecule is N#Cc1ccc2c(c1)N(S(=O)(=O)c1cccc3c(=O)[nH]ncc13)CC2.N#Cc1ccc2c(c1)NCC2.O=c1[nH]ncc2c(S(=O)(=O)Cl)cccc12. The molecular formula is C34H25ClN8O6S2. The Morgan fingerprint density at radius 1 is 0.706 bits per heavy atom. The molecule has 0 spiro atoms. The van der Waals surface area contributed by atoms with Crippen molar-refractivity contribution >= 4 is 62.7 Å². The van der Waals surface area contributed by atoms with Crippen molar-refractivity contribution in [3.63, 3.8) is 0 Å². The summed E-state index contributed by atoms with van der Waals surface area (Å²) in [7, 11) is -2.53. The zero-order valence-electron chi connectivity index (χ0n) is 26.3. The van der Waals surface area contributed by atoms with Crippen molar-refractivity contribution in [1.29, 1.82) is 10.5 Å². The maximum absolute atomic E-state index is 13.2. The molecule has 17 heteroatoms. The fourth-order valence-electron chi connectivity index (χ4n) is 5.77. The van der Waals surface area contributed by atoms with Crippen molar-refractivity contribution in [3.8, 4) is 12.1 Å². The predicted molar refractivity (Wildman–Crippen MR) is 191 cm³/mol. The van der Waals surface area contributed by atoms with E-state index in [9.17, 15) is 26.4 Å². The van der Waals surface area contributed by atoms with E-state index in [1.165, 1.54) is 52.6 Å². The Balaban J connectivity index is 0.000000146. The number of aromatic nitrogens is 4. The van der Waals surface area contributed by atoms with Crippen molar-refractivity contribution < 1.29 is 16.8 Å². The predicted octanol–water partition coefficient (Wildman–Crippen LogP) is 3.92. The molecule has 2 aromatic heterocycles. The minimum Gasteiger partial charge on any atom is -0.384 e. The van der Waals surface area contributed by atoms with Gasteiger partial charge in [0, 0.05) is 40.2 Å². The van der Waals surface area contributed by atoms with Crippen LogP contribution >= 0.6 is 10.7 Å². The van der Waals surface area contributed by atoms with Crippen LogP contribution in [0.1, 0.15) is 22.3 Å². The molecule has 6 aromatic rings. The first kappa shape index (κ1) is 34.8. The van der Waals surface area contributed by atoms with Crippen molar-refractivity contribution in [3.05, 3.63) is 128 Å². The highest BCUT2D eigenvalue weighted by Gasteiger charge is 2.32. The first-order valence-electron chi connectivity index (χ1n) is 15.1. The third kappa shape index (κ3) is 7.01. The number of hydrogen-bond donors (Lipinski definition) is 3. The minimum atomic E-state index is -3.89. The molecule has 4 aromatic carbocycles. The van der Waals surface area contributed by atoms with E-state index in [0.717, 1.165) is 29.8 Å². The maximum atomic E-state index is 13.2. The Morgan fingerprint density at radius 2 is 1.27 bits per heavy atom. The number of aromatic amines is 2. The Morgan fingerprint density at radius 3 is 1.88 bits per heavy atom. The van der Waals surface area contributed by atoms with Crippen LogP contribution in [0.2, 0.25) is 0 Å². The average molecular weight is 741 g/mol. The summed E-state index contributed by atoms with van der Waals surface area (Å²) in [5, 5.41) is 33.7. The largest absolute Gasteiger partial charge is 0.384 e. The van der Waals surface area contributed by atoms with Crippen LogP contribution in [-0.2, 0) is 31.9 Å². The lowest BCUT2D eigenvalue weighted by atomic mass is 10.1. The van der Waals surface area contributed by atoms with Gasteiger partial charge in [0.1, 0.15) is 0 Å². The van der Waals surface area contributed by atoms with Gasteiger partial charge in [0.05, 0.1) is 61.9 Å². The van der Waals surface area contributed by atoms with Gasteiger partial charge in [-0.1, -0.05) is 24.3 Å². The molecule has 8 rings (SSSR count).